The van der Waals surface area contributed by atoms with Crippen molar-refractivity contribution in [1.82, 2.24) is 0 Å². The van der Waals surface area contributed by atoms with Crippen molar-refractivity contribution in [2.45, 2.75) is 58.8 Å². The third-order valence-corrected chi connectivity index (χ3v) is 11.4. The molecule has 8 rings (SSSR count). The van der Waals surface area contributed by atoms with Gasteiger partial charge in [0.2, 0.25) is 11.5 Å². The maximum absolute atomic E-state index is 14.8. The molecule has 4 nitrogen and oxygen atoms in total. The number of allylic oxidation sites excluding steroid dienone is 7. The highest BCUT2D eigenvalue weighted by Crippen LogP contribution is 2.80. The molecular formula is C31H38O4. The number of ketones is 1. The maximum atomic E-state index is 14.8. The number of hydrogen-bond acceptors (Lipinski definition) is 4. The number of Topliss-reactive ketones (excluding diaryl/α,β-unsaturated/α-hetero) is 1. The quantitative estimate of drug-likeness (QED) is 0.506. The summed E-state index contributed by atoms with van der Waals surface area (Å²) in [6, 6.07) is 0. The molecule has 4 fully saturated rings. The number of ether oxygens (including phenoxy) is 3. The molecule has 186 valence electrons. The van der Waals surface area contributed by atoms with Gasteiger partial charge in [0.1, 0.15) is 0 Å². The van der Waals surface area contributed by atoms with Crippen molar-refractivity contribution in [2.24, 2.45) is 70.5 Å². The van der Waals surface area contributed by atoms with Crippen LogP contribution in [0.15, 0.2) is 47.5 Å². The first-order chi connectivity index (χ1) is 16.9. The van der Waals surface area contributed by atoms with E-state index in [1.165, 1.54) is 18.4 Å². The molecule has 8 aliphatic rings. The van der Waals surface area contributed by atoms with E-state index in [1.54, 1.807) is 0 Å². The SMILES string of the molecule is CO[C@H]1[C@@H]2[C@H]([C@@H]3[C@@H]4C(=C[C@@H]5[C@H]4[C@@H]4C=C[C@H]5C4)[C@H]4C(OC(C)C)=C(OC(C)C)C(=O)[C@]431)[C@@H]1C=C[C@H]2C1. The second kappa shape index (κ2) is 6.73. The minimum Gasteiger partial charge on any atom is -0.491 e. The molecule has 4 saturated carbocycles. The Morgan fingerprint density at radius 1 is 0.857 bits per heavy atom. The monoisotopic (exact) mass is 474 g/mol. The molecule has 4 heteroatoms. The fourth-order valence-corrected chi connectivity index (χ4v) is 11.1. The lowest BCUT2D eigenvalue weighted by molar-refractivity contribution is -0.140. The highest BCUT2D eigenvalue weighted by atomic mass is 16.5. The average Bonchev–Trinajstić information content (AvgIpc) is 3.62. The fourth-order valence-electron chi connectivity index (χ4n) is 11.1. The lowest BCUT2D eigenvalue weighted by Crippen LogP contribution is -2.48. The highest BCUT2D eigenvalue weighted by molar-refractivity contribution is 6.04. The second-order valence-electron chi connectivity index (χ2n) is 13.3. The highest BCUT2D eigenvalue weighted by Gasteiger charge is 2.82. The van der Waals surface area contributed by atoms with Crippen molar-refractivity contribution in [1.29, 1.82) is 0 Å². The zero-order valence-corrected chi connectivity index (χ0v) is 21.5. The Morgan fingerprint density at radius 3 is 2.17 bits per heavy atom. The maximum Gasteiger partial charge on any atom is 0.211 e. The van der Waals surface area contributed by atoms with Gasteiger partial charge in [-0.2, -0.15) is 0 Å². The molecule has 1 spiro atoms. The summed E-state index contributed by atoms with van der Waals surface area (Å²) in [7, 11) is 1.86. The standard InChI is InChI=1S/C31H38O4/c1-13(2)34-27-25-20-12-19-15-6-7-16(10-15)21(19)24(20)26-22-17-8-9-18(11-17)23(22)30(33-5)31(25,26)29(32)28(27)35-14(3)4/h6-9,12-19,21-26,30H,10-11H2,1-5H3/t15-,16+,17+,18-,19-,21+,22+,23-,24+,25-,26+,30-,31-/m0/s1. The van der Waals surface area contributed by atoms with E-state index in [4.69, 9.17) is 14.2 Å². The summed E-state index contributed by atoms with van der Waals surface area (Å²) >= 11 is 0. The summed E-state index contributed by atoms with van der Waals surface area (Å²) in [5.74, 6) is 6.96. The van der Waals surface area contributed by atoms with Gasteiger partial charge in [0.05, 0.1) is 29.6 Å². The molecule has 4 bridgehead atoms. The Bertz CT molecular complexity index is 1120. The van der Waals surface area contributed by atoms with E-state index in [0.717, 1.165) is 5.76 Å². The summed E-state index contributed by atoms with van der Waals surface area (Å²) in [6.45, 7) is 8.18. The number of rotatable bonds is 5. The van der Waals surface area contributed by atoms with Crippen molar-refractivity contribution in [3.8, 4) is 0 Å². The Kier molecular flexibility index (Phi) is 4.10. The van der Waals surface area contributed by atoms with Crippen molar-refractivity contribution < 1.29 is 19.0 Å². The van der Waals surface area contributed by atoms with E-state index in [9.17, 15) is 4.79 Å². The van der Waals surface area contributed by atoms with Crippen LogP contribution >= 0.6 is 0 Å². The Hall–Kier alpha value is -1.81. The summed E-state index contributed by atoms with van der Waals surface area (Å²) in [5.41, 5.74) is 0.927. The number of carbonyl (C=O) groups is 1. The van der Waals surface area contributed by atoms with Crippen LogP contribution in [-0.4, -0.2) is 31.2 Å². The first-order valence-corrected chi connectivity index (χ1v) is 14.1. The van der Waals surface area contributed by atoms with Crippen LogP contribution in [0.2, 0.25) is 0 Å². The number of fused-ring (bicyclic) bond motifs is 15. The predicted molar refractivity (Wildman–Crippen MR) is 132 cm³/mol. The average molecular weight is 475 g/mol. The van der Waals surface area contributed by atoms with E-state index in [0.29, 0.717) is 64.9 Å². The topological polar surface area (TPSA) is 44.8 Å². The van der Waals surface area contributed by atoms with E-state index in [1.807, 2.05) is 21.0 Å². The zero-order valence-electron chi connectivity index (χ0n) is 21.5. The molecule has 0 saturated heterocycles. The van der Waals surface area contributed by atoms with Gasteiger partial charge in [-0.25, -0.2) is 0 Å². The number of hydrogen-bond donors (Lipinski definition) is 0. The summed E-state index contributed by atoms with van der Waals surface area (Å²) in [6.07, 6.45) is 14.9. The Labute approximate surface area is 208 Å². The molecule has 0 heterocycles. The molecule has 0 radical (unpaired) electrons. The lowest BCUT2D eigenvalue weighted by Gasteiger charge is -2.39. The number of carbonyl (C=O) groups excluding carboxylic acids is 1. The summed E-state index contributed by atoms with van der Waals surface area (Å²) in [5, 5.41) is 0. The largest absolute Gasteiger partial charge is 0.491 e. The molecule has 8 aliphatic carbocycles. The van der Waals surface area contributed by atoms with E-state index in [2.05, 4.69) is 44.2 Å². The van der Waals surface area contributed by atoms with Crippen LogP contribution in [-0.2, 0) is 19.0 Å². The minimum absolute atomic E-state index is 0.00435. The molecule has 0 N–H and O–H groups in total. The lowest BCUT2D eigenvalue weighted by atomic mass is 9.64. The van der Waals surface area contributed by atoms with E-state index < -0.39 is 5.41 Å². The van der Waals surface area contributed by atoms with Crippen LogP contribution in [0.25, 0.3) is 0 Å². The number of methoxy groups -OCH3 is 1. The third-order valence-electron chi connectivity index (χ3n) is 11.4. The molecule has 0 aromatic carbocycles. The molecule has 0 aromatic rings. The molecule has 35 heavy (non-hydrogen) atoms. The van der Waals surface area contributed by atoms with Crippen molar-refractivity contribution in [2.75, 3.05) is 7.11 Å². The predicted octanol–water partition coefficient (Wildman–Crippen LogP) is 5.32. The molecule has 13 atom stereocenters. The second-order valence-corrected chi connectivity index (χ2v) is 13.3. The van der Waals surface area contributed by atoms with Gasteiger partial charge in [0.15, 0.2) is 5.76 Å². The van der Waals surface area contributed by atoms with Gasteiger partial charge in [-0.05, 0) is 99.7 Å². The van der Waals surface area contributed by atoms with Gasteiger partial charge in [0, 0.05) is 7.11 Å². The molecule has 0 aliphatic heterocycles. The molecular weight excluding hydrogens is 436 g/mol. The van der Waals surface area contributed by atoms with Crippen molar-refractivity contribution in [3.05, 3.63) is 47.5 Å². The van der Waals surface area contributed by atoms with Crippen LogP contribution in [0.4, 0.5) is 0 Å². The van der Waals surface area contributed by atoms with Crippen LogP contribution in [0.3, 0.4) is 0 Å². The van der Waals surface area contributed by atoms with Gasteiger partial charge < -0.3 is 14.2 Å². The minimum atomic E-state index is -0.575. The first-order valence-electron chi connectivity index (χ1n) is 14.1. The van der Waals surface area contributed by atoms with E-state index >= 15 is 0 Å². The summed E-state index contributed by atoms with van der Waals surface area (Å²) < 4.78 is 19.4. The molecule has 0 aromatic heterocycles. The fraction of sp³-hybridized carbons (Fsp3) is 0.710. The van der Waals surface area contributed by atoms with Gasteiger partial charge in [-0.15, -0.1) is 0 Å². The Morgan fingerprint density at radius 2 is 1.49 bits per heavy atom. The van der Waals surface area contributed by atoms with Gasteiger partial charge >= 0.3 is 0 Å². The van der Waals surface area contributed by atoms with Crippen LogP contribution < -0.4 is 0 Å². The molecule has 0 unspecified atom stereocenters. The van der Waals surface area contributed by atoms with Crippen LogP contribution in [0.5, 0.6) is 0 Å². The first kappa shape index (κ1) is 21.3. The van der Waals surface area contributed by atoms with Gasteiger partial charge in [-0.3, -0.25) is 4.79 Å². The Balaban J connectivity index is 1.36. The third kappa shape index (κ3) is 2.25. The van der Waals surface area contributed by atoms with Gasteiger partial charge in [-0.1, -0.05) is 36.0 Å². The van der Waals surface area contributed by atoms with Crippen LogP contribution in [0.1, 0.15) is 40.5 Å². The zero-order chi connectivity index (χ0) is 24.0. The van der Waals surface area contributed by atoms with E-state index in [-0.39, 0.29) is 30.0 Å². The summed E-state index contributed by atoms with van der Waals surface area (Å²) in [4.78, 5) is 14.8. The van der Waals surface area contributed by atoms with Crippen molar-refractivity contribution >= 4 is 5.78 Å². The van der Waals surface area contributed by atoms with Crippen molar-refractivity contribution in [3.63, 3.8) is 0 Å². The van der Waals surface area contributed by atoms with Gasteiger partial charge in [0.25, 0.3) is 0 Å². The normalized spacial score (nSPS) is 53.1. The van der Waals surface area contributed by atoms with Crippen LogP contribution in [0, 0.1) is 70.5 Å². The smallest absolute Gasteiger partial charge is 0.211 e. The molecule has 0 amide bonds.